The summed E-state index contributed by atoms with van der Waals surface area (Å²) in [6, 6.07) is 6.02. The lowest BCUT2D eigenvalue weighted by Gasteiger charge is -2.34. The largest absolute Gasteiger partial charge is 0.504 e. The van der Waals surface area contributed by atoms with Crippen LogP contribution in [-0.2, 0) is 6.42 Å². The van der Waals surface area contributed by atoms with Crippen LogP contribution in [0.3, 0.4) is 0 Å². The number of ether oxygens (including phenoxy) is 1. The number of rotatable bonds is 11. The Morgan fingerprint density at radius 2 is 1.96 bits per heavy atom. The molecule has 4 heteroatoms. The Hall–Kier alpha value is -1.26. The molecule has 1 fully saturated rings. The normalized spacial score (nSPS) is 18.6. The predicted octanol–water partition coefficient (Wildman–Crippen LogP) is 4.52. The minimum atomic E-state index is -0.588. The standard InChI is InChI=1S/C22H37NO3/c1-4-5-6-13-22(2,25)17-19(23-14-7-8-15-23)11-9-18-10-12-20(24)21(16-18)26-3/h10,12,16,19,24-25H,4-9,11,13-15,17H2,1-3H3. The topological polar surface area (TPSA) is 52.9 Å². The van der Waals surface area contributed by atoms with Gasteiger partial charge in [0.05, 0.1) is 12.7 Å². The molecule has 1 saturated heterocycles. The highest BCUT2D eigenvalue weighted by Crippen LogP contribution is 2.30. The molecule has 0 aliphatic carbocycles. The van der Waals surface area contributed by atoms with Crippen molar-refractivity contribution in [3.05, 3.63) is 23.8 Å². The molecular formula is C22H37NO3. The first-order valence-electron chi connectivity index (χ1n) is 10.3. The molecular weight excluding hydrogens is 326 g/mol. The third-order valence-electron chi connectivity index (χ3n) is 5.66. The van der Waals surface area contributed by atoms with Crippen LogP contribution in [0.2, 0.25) is 0 Å². The van der Waals surface area contributed by atoms with Crippen molar-refractivity contribution in [2.45, 2.75) is 83.3 Å². The number of unbranched alkanes of at least 4 members (excludes halogenated alkanes) is 2. The zero-order valence-electron chi connectivity index (χ0n) is 16.8. The second-order valence-electron chi connectivity index (χ2n) is 8.10. The molecule has 2 unspecified atom stereocenters. The van der Waals surface area contributed by atoms with Crippen LogP contribution in [0, 0.1) is 0 Å². The van der Waals surface area contributed by atoms with Gasteiger partial charge in [0.1, 0.15) is 0 Å². The van der Waals surface area contributed by atoms with Crippen molar-refractivity contribution in [1.82, 2.24) is 4.90 Å². The fourth-order valence-electron chi connectivity index (χ4n) is 4.10. The molecule has 1 heterocycles. The van der Waals surface area contributed by atoms with Gasteiger partial charge in [-0.25, -0.2) is 0 Å². The van der Waals surface area contributed by atoms with Gasteiger partial charge < -0.3 is 19.8 Å². The number of nitrogens with zero attached hydrogens (tertiary/aromatic N) is 1. The Bertz CT molecular complexity index is 538. The zero-order valence-corrected chi connectivity index (χ0v) is 16.8. The molecule has 1 aliphatic rings. The molecule has 0 saturated carbocycles. The smallest absolute Gasteiger partial charge is 0.160 e. The van der Waals surface area contributed by atoms with Gasteiger partial charge in [0.2, 0.25) is 0 Å². The minimum Gasteiger partial charge on any atom is -0.504 e. The molecule has 4 nitrogen and oxygen atoms in total. The van der Waals surface area contributed by atoms with Gasteiger partial charge in [-0.1, -0.05) is 32.3 Å². The van der Waals surface area contributed by atoms with Crippen molar-refractivity contribution in [2.75, 3.05) is 20.2 Å². The van der Waals surface area contributed by atoms with Crippen LogP contribution in [0.4, 0.5) is 0 Å². The molecule has 1 aromatic carbocycles. The number of methoxy groups -OCH3 is 1. The van der Waals surface area contributed by atoms with Crippen LogP contribution in [-0.4, -0.2) is 47.0 Å². The van der Waals surface area contributed by atoms with E-state index in [1.54, 1.807) is 13.2 Å². The number of aliphatic hydroxyl groups is 1. The first-order chi connectivity index (χ1) is 12.4. The number of hydrogen-bond acceptors (Lipinski definition) is 4. The summed E-state index contributed by atoms with van der Waals surface area (Å²) in [6.07, 6.45) is 9.70. The van der Waals surface area contributed by atoms with Gasteiger partial charge in [0.25, 0.3) is 0 Å². The average Bonchev–Trinajstić information content (AvgIpc) is 3.14. The van der Waals surface area contributed by atoms with E-state index in [0.29, 0.717) is 11.8 Å². The van der Waals surface area contributed by atoms with Crippen LogP contribution in [0.25, 0.3) is 0 Å². The zero-order chi connectivity index (χ0) is 19.0. The Labute approximate surface area is 159 Å². The quantitative estimate of drug-likeness (QED) is 0.568. The molecule has 2 atom stereocenters. The van der Waals surface area contributed by atoms with Gasteiger partial charge in [-0.05, 0) is 76.2 Å². The number of phenols is 1. The number of hydrogen-bond donors (Lipinski definition) is 2. The third kappa shape index (κ3) is 6.48. The van der Waals surface area contributed by atoms with Gasteiger partial charge in [0, 0.05) is 6.04 Å². The average molecular weight is 364 g/mol. The van der Waals surface area contributed by atoms with Crippen molar-refractivity contribution in [1.29, 1.82) is 0 Å². The van der Waals surface area contributed by atoms with Crippen LogP contribution in [0.15, 0.2) is 18.2 Å². The highest BCUT2D eigenvalue weighted by Gasteiger charge is 2.30. The Balaban J connectivity index is 1.98. The second kappa shape index (κ2) is 10.2. The van der Waals surface area contributed by atoms with E-state index >= 15 is 0 Å². The van der Waals surface area contributed by atoms with E-state index in [9.17, 15) is 10.2 Å². The van der Waals surface area contributed by atoms with E-state index in [-0.39, 0.29) is 5.75 Å². The van der Waals surface area contributed by atoms with Crippen molar-refractivity contribution >= 4 is 0 Å². The van der Waals surface area contributed by atoms with E-state index < -0.39 is 5.60 Å². The molecule has 1 aromatic rings. The summed E-state index contributed by atoms with van der Waals surface area (Å²) >= 11 is 0. The molecule has 0 radical (unpaired) electrons. The Morgan fingerprint density at radius 3 is 2.62 bits per heavy atom. The third-order valence-corrected chi connectivity index (χ3v) is 5.66. The summed E-state index contributed by atoms with van der Waals surface area (Å²) in [5.41, 5.74) is 0.587. The first-order valence-corrected chi connectivity index (χ1v) is 10.3. The molecule has 0 spiro atoms. The molecule has 1 aliphatic heterocycles. The van der Waals surface area contributed by atoms with Gasteiger partial charge in [0.15, 0.2) is 11.5 Å². The van der Waals surface area contributed by atoms with Crippen LogP contribution in [0.5, 0.6) is 11.5 Å². The maximum Gasteiger partial charge on any atom is 0.160 e. The SMILES string of the molecule is CCCCCC(C)(O)CC(CCc1ccc(O)c(OC)c1)N1CCCC1. The van der Waals surface area contributed by atoms with E-state index in [4.69, 9.17) is 4.74 Å². The summed E-state index contributed by atoms with van der Waals surface area (Å²) in [7, 11) is 1.58. The van der Waals surface area contributed by atoms with E-state index in [2.05, 4.69) is 11.8 Å². The van der Waals surface area contributed by atoms with Crippen molar-refractivity contribution in [2.24, 2.45) is 0 Å². The van der Waals surface area contributed by atoms with Crippen LogP contribution >= 0.6 is 0 Å². The molecule has 2 N–H and O–H groups in total. The fraction of sp³-hybridized carbons (Fsp3) is 0.727. The van der Waals surface area contributed by atoms with E-state index in [0.717, 1.165) is 45.2 Å². The Morgan fingerprint density at radius 1 is 1.23 bits per heavy atom. The minimum absolute atomic E-state index is 0.186. The molecule has 0 aromatic heterocycles. The lowest BCUT2D eigenvalue weighted by molar-refractivity contribution is 0.0106. The number of aryl methyl sites for hydroxylation is 1. The number of likely N-dealkylation sites (tertiary alicyclic amines) is 1. The number of aromatic hydroxyl groups is 1. The lowest BCUT2D eigenvalue weighted by atomic mass is 9.88. The predicted molar refractivity (Wildman–Crippen MR) is 107 cm³/mol. The number of phenolic OH excluding ortho intramolecular Hbond substituents is 1. The fourth-order valence-corrected chi connectivity index (χ4v) is 4.10. The monoisotopic (exact) mass is 363 g/mol. The van der Waals surface area contributed by atoms with Gasteiger partial charge in [-0.3, -0.25) is 0 Å². The van der Waals surface area contributed by atoms with Crippen LogP contribution in [0.1, 0.15) is 70.8 Å². The summed E-state index contributed by atoms with van der Waals surface area (Å²) < 4.78 is 5.23. The van der Waals surface area contributed by atoms with Crippen LogP contribution < -0.4 is 4.74 Å². The molecule has 148 valence electrons. The van der Waals surface area contributed by atoms with Crippen molar-refractivity contribution in [3.63, 3.8) is 0 Å². The summed E-state index contributed by atoms with van der Waals surface area (Å²) in [5, 5.41) is 20.7. The van der Waals surface area contributed by atoms with Crippen molar-refractivity contribution in [3.8, 4) is 11.5 Å². The summed E-state index contributed by atoms with van der Waals surface area (Å²) in [4.78, 5) is 2.56. The lowest BCUT2D eigenvalue weighted by Crippen LogP contribution is -2.40. The number of benzene rings is 1. The summed E-state index contributed by atoms with van der Waals surface area (Å²) in [5.74, 6) is 0.720. The Kier molecular flexibility index (Phi) is 8.23. The second-order valence-corrected chi connectivity index (χ2v) is 8.10. The summed E-state index contributed by atoms with van der Waals surface area (Å²) in [6.45, 7) is 6.51. The van der Waals surface area contributed by atoms with Gasteiger partial charge in [-0.2, -0.15) is 0 Å². The van der Waals surface area contributed by atoms with E-state index in [1.165, 1.54) is 31.2 Å². The van der Waals surface area contributed by atoms with Gasteiger partial charge >= 0.3 is 0 Å². The maximum atomic E-state index is 10.9. The molecule has 0 bridgehead atoms. The highest BCUT2D eigenvalue weighted by molar-refractivity contribution is 5.41. The maximum absolute atomic E-state index is 10.9. The molecule has 2 rings (SSSR count). The highest BCUT2D eigenvalue weighted by atomic mass is 16.5. The van der Waals surface area contributed by atoms with E-state index in [1.807, 2.05) is 19.1 Å². The van der Waals surface area contributed by atoms with Crippen molar-refractivity contribution < 1.29 is 14.9 Å². The molecule has 26 heavy (non-hydrogen) atoms. The first kappa shape index (κ1) is 21.0. The van der Waals surface area contributed by atoms with Gasteiger partial charge in [-0.15, -0.1) is 0 Å². The molecule has 0 amide bonds.